The summed E-state index contributed by atoms with van der Waals surface area (Å²) in [6.45, 7) is 7.17. The maximum atomic E-state index is 12.6. The van der Waals surface area contributed by atoms with E-state index in [4.69, 9.17) is 21.3 Å². The minimum absolute atomic E-state index is 0.236. The number of halogens is 1. The molecule has 0 fully saturated rings. The van der Waals surface area contributed by atoms with E-state index >= 15 is 0 Å². The Morgan fingerprint density at radius 3 is 2.00 bits per heavy atom. The average molecular weight is 380 g/mol. The van der Waals surface area contributed by atoms with Crippen LogP contribution in [0.25, 0.3) is 0 Å². The van der Waals surface area contributed by atoms with Gasteiger partial charge in [-0.05, 0) is 39.8 Å². The first kappa shape index (κ1) is 17.8. The Morgan fingerprint density at radius 2 is 1.60 bits per heavy atom. The summed E-state index contributed by atoms with van der Waals surface area (Å²) in [5.41, 5.74) is 0.753. The molecule has 0 atom stereocenters. The number of benzene rings is 1. The van der Waals surface area contributed by atoms with Gasteiger partial charge in [-0.15, -0.1) is 0 Å². The zero-order chi connectivity index (χ0) is 15.3. The lowest BCUT2D eigenvalue weighted by atomic mass is 10.2. The SMILES string of the molecule is CC(C)OP(=O)(NC(=S)c1ccc(Br)cc1)OC(C)C. The average Bonchev–Trinajstić information content (AvgIpc) is 2.26. The highest BCUT2D eigenvalue weighted by Gasteiger charge is 2.29. The van der Waals surface area contributed by atoms with E-state index in [0.29, 0.717) is 4.99 Å². The summed E-state index contributed by atoms with van der Waals surface area (Å²) >= 11 is 8.61. The van der Waals surface area contributed by atoms with Crippen molar-refractivity contribution in [2.45, 2.75) is 39.9 Å². The smallest absolute Gasteiger partial charge is 0.290 e. The minimum Gasteiger partial charge on any atom is -0.290 e. The number of thiocarbonyl (C=S) groups is 1. The lowest BCUT2D eigenvalue weighted by Gasteiger charge is -2.24. The quantitative estimate of drug-likeness (QED) is 0.574. The van der Waals surface area contributed by atoms with Crippen molar-refractivity contribution in [2.75, 3.05) is 0 Å². The van der Waals surface area contributed by atoms with Gasteiger partial charge in [-0.3, -0.25) is 14.1 Å². The van der Waals surface area contributed by atoms with Crippen LogP contribution >= 0.6 is 35.9 Å². The minimum atomic E-state index is -3.47. The predicted molar refractivity (Wildman–Crippen MR) is 89.0 cm³/mol. The summed E-state index contributed by atoms with van der Waals surface area (Å²) < 4.78 is 24.4. The van der Waals surface area contributed by atoms with Crippen molar-refractivity contribution in [3.05, 3.63) is 34.3 Å². The van der Waals surface area contributed by atoms with Crippen molar-refractivity contribution in [1.29, 1.82) is 0 Å². The first-order valence-electron chi connectivity index (χ1n) is 6.27. The molecule has 0 radical (unpaired) electrons. The normalized spacial score (nSPS) is 11.9. The van der Waals surface area contributed by atoms with E-state index in [-0.39, 0.29) is 12.2 Å². The third-order valence-corrected chi connectivity index (χ3v) is 4.96. The van der Waals surface area contributed by atoms with Crippen molar-refractivity contribution >= 4 is 40.9 Å². The molecule has 0 bridgehead atoms. The summed E-state index contributed by atoms with van der Waals surface area (Å²) in [7, 11) is -3.47. The second-order valence-corrected chi connectivity index (χ2v) is 7.72. The van der Waals surface area contributed by atoms with Gasteiger partial charge in [0.05, 0.1) is 12.2 Å². The van der Waals surface area contributed by atoms with Crippen molar-refractivity contribution in [2.24, 2.45) is 0 Å². The monoisotopic (exact) mass is 379 g/mol. The molecule has 1 N–H and O–H groups in total. The number of rotatable bonds is 6. The molecule has 0 aliphatic carbocycles. The molecule has 7 heteroatoms. The van der Waals surface area contributed by atoms with Crippen LogP contribution in [0.1, 0.15) is 33.3 Å². The van der Waals surface area contributed by atoms with Gasteiger partial charge in [0.2, 0.25) is 0 Å². The van der Waals surface area contributed by atoms with Crippen LogP contribution in [0.15, 0.2) is 28.7 Å². The predicted octanol–water partition coefficient (Wildman–Crippen LogP) is 4.67. The van der Waals surface area contributed by atoms with Gasteiger partial charge in [-0.1, -0.05) is 40.3 Å². The van der Waals surface area contributed by atoms with Gasteiger partial charge in [0, 0.05) is 10.0 Å². The largest absolute Gasteiger partial charge is 0.433 e. The summed E-state index contributed by atoms with van der Waals surface area (Å²) in [5.74, 6) is 0. The molecule has 0 heterocycles. The van der Waals surface area contributed by atoms with Crippen LogP contribution in [0.3, 0.4) is 0 Å². The van der Waals surface area contributed by atoms with Crippen LogP contribution in [-0.4, -0.2) is 17.2 Å². The van der Waals surface area contributed by atoms with E-state index in [0.717, 1.165) is 10.0 Å². The Kier molecular flexibility index (Phi) is 6.82. The van der Waals surface area contributed by atoms with E-state index in [1.54, 1.807) is 27.7 Å². The van der Waals surface area contributed by atoms with Crippen LogP contribution in [-0.2, 0) is 13.6 Å². The fourth-order valence-corrected chi connectivity index (χ4v) is 3.80. The topological polar surface area (TPSA) is 47.6 Å². The molecule has 1 aromatic rings. The van der Waals surface area contributed by atoms with Crippen LogP contribution in [0.2, 0.25) is 0 Å². The Labute approximate surface area is 134 Å². The van der Waals surface area contributed by atoms with Gasteiger partial charge < -0.3 is 0 Å². The van der Waals surface area contributed by atoms with Gasteiger partial charge >= 0.3 is 7.75 Å². The highest BCUT2D eigenvalue weighted by Crippen LogP contribution is 2.46. The van der Waals surface area contributed by atoms with E-state index < -0.39 is 7.75 Å². The number of hydrogen-bond acceptors (Lipinski definition) is 4. The van der Waals surface area contributed by atoms with Gasteiger partial charge in [0.15, 0.2) is 0 Å². The van der Waals surface area contributed by atoms with Crippen LogP contribution in [0, 0.1) is 0 Å². The molecule has 0 amide bonds. The summed E-state index contributed by atoms with van der Waals surface area (Å²) in [5, 5.41) is 2.72. The molecule has 112 valence electrons. The molecular weight excluding hydrogens is 361 g/mol. The summed E-state index contributed by atoms with van der Waals surface area (Å²) in [4.78, 5) is 0.335. The fourth-order valence-electron chi connectivity index (χ4n) is 1.42. The maximum absolute atomic E-state index is 12.6. The zero-order valence-electron chi connectivity index (χ0n) is 11.9. The third-order valence-electron chi connectivity index (χ3n) is 2.04. The zero-order valence-corrected chi connectivity index (χ0v) is 15.2. The number of nitrogens with one attached hydrogen (secondary N) is 1. The Bertz CT molecular complexity index is 491. The molecule has 20 heavy (non-hydrogen) atoms. The standard InChI is InChI=1S/C13H19BrNO3PS/c1-9(2)17-19(16,18-10(3)4)15-13(20)11-5-7-12(14)8-6-11/h5-10H,1-4H3,(H,15,16,20). The van der Waals surface area contributed by atoms with Crippen molar-refractivity contribution < 1.29 is 13.6 Å². The van der Waals surface area contributed by atoms with E-state index in [9.17, 15) is 4.57 Å². The van der Waals surface area contributed by atoms with Gasteiger partial charge in [0.1, 0.15) is 4.99 Å². The van der Waals surface area contributed by atoms with Crippen LogP contribution in [0.5, 0.6) is 0 Å². The third kappa shape index (κ3) is 6.02. The van der Waals surface area contributed by atoms with E-state index in [1.807, 2.05) is 24.3 Å². The highest BCUT2D eigenvalue weighted by molar-refractivity contribution is 9.10. The highest BCUT2D eigenvalue weighted by atomic mass is 79.9. The number of hydrogen-bond donors (Lipinski definition) is 1. The molecule has 0 saturated heterocycles. The Morgan fingerprint density at radius 1 is 1.15 bits per heavy atom. The van der Waals surface area contributed by atoms with E-state index in [2.05, 4.69) is 21.0 Å². The Balaban J connectivity index is 2.86. The van der Waals surface area contributed by atoms with Crippen LogP contribution in [0.4, 0.5) is 0 Å². The molecule has 1 rings (SSSR count). The first-order chi connectivity index (χ1) is 9.22. The summed E-state index contributed by atoms with van der Waals surface area (Å²) in [6, 6.07) is 7.38. The van der Waals surface area contributed by atoms with Crippen molar-refractivity contribution in [3.8, 4) is 0 Å². The maximum Gasteiger partial charge on any atom is 0.433 e. The lowest BCUT2D eigenvalue weighted by Crippen LogP contribution is -2.25. The molecule has 0 aliphatic rings. The van der Waals surface area contributed by atoms with Crippen molar-refractivity contribution in [3.63, 3.8) is 0 Å². The van der Waals surface area contributed by atoms with Crippen LogP contribution < -0.4 is 5.09 Å². The molecular formula is C13H19BrNO3PS. The van der Waals surface area contributed by atoms with E-state index in [1.165, 1.54) is 0 Å². The second kappa shape index (κ2) is 7.66. The molecule has 0 aromatic heterocycles. The molecule has 0 aliphatic heterocycles. The van der Waals surface area contributed by atoms with Gasteiger partial charge in [-0.2, -0.15) is 0 Å². The molecule has 1 aromatic carbocycles. The molecule has 0 saturated carbocycles. The molecule has 4 nitrogen and oxygen atoms in total. The molecule has 0 unspecified atom stereocenters. The first-order valence-corrected chi connectivity index (χ1v) is 9.01. The summed E-state index contributed by atoms with van der Waals surface area (Å²) in [6.07, 6.45) is -0.473. The lowest BCUT2D eigenvalue weighted by molar-refractivity contribution is 0.139. The molecule has 0 spiro atoms. The fraction of sp³-hybridized carbons (Fsp3) is 0.462. The van der Waals surface area contributed by atoms with Gasteiger partial charge in [-0.25, -0.2) is 4.57 Å². The second-order valence-electron chi connectivity index (χ2n) is 4.75. The van der Waals surface area contributed by atoms with Gasteiger partial charge in [0.25, 0.3) is 0 Å². The van der Waals surface area contributed by atoms with Crippen molar-refractivity contribution in [1.82, 2.24) is 5.09 Å². The Hall–Kier alpha value is -0.260.